The van der Waals surface area contributed by atoms with Crippen molar-refractivity contribution in [2.24, 2.45) is 0 Å². The number of furan rings is 1. The lowest BCUT2D eigenvalue weighted by molar-refractivity contribution is 0.102. The van der Waals surface area contributed by atoms with Gasteiger partial charge in [0.25, 0.3) is 5.91 Å². The maximum absolute atomic E-state index is 12.7. The van der Waals surface area contributed by atoms with Crippen LogP contribution in [0.2, 0.25) is 0 Å². The molecule has 0 aliphatic carbocycles. The number of carbonyl (C=O) groups is 1. The molecule has 1 heterocycles. The predicted molar refractivity (Wildman–Crippen MR) is 108 cm³/mol. The van der Waals surface area contributed by atoms with Gasteiger partial charge in [-0.05, 0) is 53.8 Å². The standard InChI is InChI=1S/C23H25NO3/c1-15-5-6-17(21-12-11-19(14-25)27-21)13-20(15)24-22(26)16-7-9-18(10-8-16)23(2,3)4/h5-13,25H,14H2,1-4H3,(H,24,26). The summed E-state index contributed by atoms with van der Waals surface area (Å²) in [7, 11) is 0. The van der Waals surface area contributed by atoms with Crippen LogP contribution in [0, 0.1) is 6.92 Å². The number of aryl methyl sites for hydroxylation is 1. The molecule has 3 rings (SSSR count). The van der Waals surface area contributed by atoms with E-state index < -0.39 is 0 Å². The summed E-state index contributed by atoms with van der Waals surface area (Å²) in [6.07, 6.45) is 0. The third kappa shape index (κ3) is 4.29. The summed E-state index contributed by atoms with van der Waals surface area (Å²) in [5.41, 5.74) is 4.41. The number of benzene rings is 2. The van der Waals surface area contributed by atoms with Gasteiger partial charge in [-0.3, -0.25) is 4.79 Å². The van der Waals surface area contributed by atoms with E-state index >= 15 is 0 Å². The fourth-order valence-electron chi connectivity index (χ4n) is 2.84. The van der Waals surface area contributed by atoms with Crippen molar-refractivity contribution >= 4 is 11.6 Å². The number of hydrogen-bond donors (Lipinski definition) is 2. The molecule has 0 saturated heterocycles. The Morgan fingerprint density at radius 3 is 2.33 bits per heavy atom. The summed E-state index contributed by atoms with van der Waals surface area (Å²) in [4.78, 5) is 12.7. The van der Waals surface area contributed by atoms with Gasteiger partial charge in [0.05, 0.1) is 0 Å². The van der Waals surface area contributed by atoms with E-state index in [-0.39, 0.29) is 17.9 Å². The molecule has 0 bridgehead atoms. The zero-order chi connectivity index (χ0) is 19.6. The van der Waals surface area contributed by atoms with Gasteiger partial charge in [0.2, 0.25) is 0 Å². The summed E-state index contributed by atoms with van der Waals surface area (Å²) in [6, 6.07) is 17.0. The minimum absolute atomic E-state index is 0.0520. The number of hydrogen-bond acceptors (Lipinski definition) is 3. The lowest BCUT2D eigenvalue weighted by Gasteiger charge is -2.19. The molecule has 0 spiro atoms. The summed E-state index contributed by atoms with van der Waals surface area (Å²) in [6.45, 7) is 8.25. The van der Waals surface area contributed by atoms with Crippen LogP contribution in [0.15, 0.2) is 59.0 Å². The first-order chi connectivity index (χ1) is 12.8. The normalized spacial score (nSPS) is 11.4. The van der Waals surface area contributed by atoms with Crippen molar-refractivity contribution in [3.05, 3.63) is 77.0 Å². The van der Waals surface area contributed by atoms with Crippen molar-refractivity contribution in [3.8, 4) is 11.3 Å². The van der Waals surface area contributed by atoms with Crippen LogP contribution in [0.4, 0.5) is 5.69 Å². The van der Waals surface area contributed by atoms with E-state index in [1.54, 1.807) is 6.07 Å². The van der Waals surface area contributed by atoms with Crippen LogP contribution in [0.5, 0.6) is 0 Å². The van der Waals surface area contributed by atoms with Gasteiger partial charge in [-0.15, -0.1) is 0 Å². The van der Waals surface area contributed by atoms with Gasteiger partial charge >= 0.3 is 0 Å². The third-order valence-electron chi connectivity index (χ3n) is 4.60. The molecule has 1 amide bonds. The van der Waals surface area contributed by atoms with Crippen molar-refractivity contribution in [2.45, 2.75) is 39.7 Å². The lowest BCUT2D eigenvalue weighted by Crippen LogP contribution is -2.14. The Kier molecular flexibility index (Phi) is 5.19. The summed E-state index contributed by atoms with van der Waals surface area (Å²) < 4.78 is 5.59. The van der Waals surface area contributed by atoms with Crippen LogP contribution in [0.3, 0.4) is 0 Å². The average Bonchev–Trinajstić information content (AvgIpc) is 3.12. The van der Waals surface area contributed by atoms with Crippen molar-refractivity contribution in [1.29, 1.82) is 0 Å². The Bertz CT molecular complexity index is 946. The minimum atomic E-state index is -0.147. The van der Waals surface area contributed by atoms with Gasteiger partial charge < -0.3 is 14.8 Å². The second-order valence-electron chi connectivity index (χ2n) is 7.74. The van der Waals surface area contributed by atoms with E-state index in [4.69, 9.17) is 9.52 Å². The Morgan fingerprint density at radius 1 is 1.04 bits per heavy atom. The van der Waals surface area contributed by atoms with Gasteiger partial charge in [-0.1, -0.05) is 45.0 Å². The zero-order valence-electron chi connectivity index (χ0n) is 16.2. The number of anilines is 1. The number of aliphatic hydroxyl groups excluding tert-OH is 1. The number of aliphatic hydroxyl groups is 1. The molecule has 0 radical (unpaired) electrons. The van der Waals surface area contributed by atoms with Gasteiger partial charge in [-0.25, -0.2) is 0 Å². The number of rotatable bonds is 4. The molecule has 140 valence electrons. The van der Waals surface area contributed by atoms with Crippen LogP contribution >= 0.6 is 0 Å². The molecule has 4 heteroatoms. The van der Waals surface area contributed by atoms with Gasteiger partial charge in [0.15, 0.2) is 0 Å². The van der Waals surface area contributed by atoms with Crippen molar-refractivity contribution < 1.29 is 14.3 Å². The first-order valence-corrected chi connectivity index (χ1v) is 9.00. The predicted octanol–water partition coefficient (Wildman–Crippen LogP) is 5.30. The van der Waals surface area contributed by atoms with Gasteiger partial charge in [0.1, 0.15) is 18.1 Å². The van der Waals surface area contributed by atoms with E-state index in [2.05, 4.69) is 26.1 Å². The molecule has 0 atom stereocenters. The maximum atomic E-state index is 12.7. The van der Waals surface area contributed by atoms with Crippen LogP contribution in [-0.2, 0) is 12.0 Å². The quantitative estimate of drug-likeness (QED) is 0.661. The van der Waals surface area contributed by atoms with E-state index in [0.29, 0.717) is 17.1 Å². The topological polar surface area (TPSA) is 62.5 Å². The third-order valence-corrected chi connectivity index (χ3v) is 4.60. The summed E-state index contributed by atoms with van der Waals surface area (Å²) in [5.74, 6) is 1.02. The molecule has 0 aliphatic rings. The maximum Gasteiger partial charge on any atom is 0.255 e. The van der Waals surface area contributed by atoms with Crippen molar-refractivity contribution in [2.75, 3.05) is 5.32 Å². The molecule has 2 N–H and O–H groups in total. The number of amides is 1. The van der Waals surface area contributed by atoms with Crippen LogP contribution < -0.4 is 5.32 Å². The SMILES string of the molecule is Cc1ccc(-c2ccc(CO)o2)cc1NC(=O)c1ccc(C(C)(C)C)cc1. The first kappa shape index (κ1) is 18.9. The molecule has 3 aromatic rings. The second kappa shape index (κ2) is 7.41. The minimum Gasteiger partial charge on any atom is -0.459 e. The fraction of sp³-hybridized carbons (Fsp3) is 0.261. The highest BCUT2D eigenvalue weighted by molar-refractivity contribution is 6.05. The Labute approximate surface area is 159 Å². The highest BCUT2D eigenvalue weighted by Crippen LogP contribution is 2.28. The first-order valence-electron chi connectivity index (χ1n) is 9.00. The summed E-state index contributed by atoms with van der Waals surface area (Å²) in [5, 5.41) is 12.1. The number of nitrogens with one attached hydrogen (secondary N) is 1. The molecule has 4 nitrogen and oxygen atoms in total. The molecule has 27 heavy (non-hydrogen) atoms. The molecule has 0 saturated carbocycles. The zero-order valence-corrected chi connectivity index (χ0v) is 16.2. The summed E-state index contributed by atoms with van der Waals surface area (Å²) >= 11 is 0. The highest BCUT2D eigenvalue weighted by atomic mass is 16.4. The van der Waals surface area contributed by atoms with Gasteiger partial charge in [0, 0.05) is 16.8 Å². The second-order valence-corrected chi connectivity index (χ2v) is 7.74. The molecular formula is C23H25NO3. The van der Waals surface area contributed by atoms with E-state index in [1.165, 1.54) is 5.56 Å². The number of carbonyl (C=O) groups excluding carboxylic acids is 1. The largest absolute Gasteiger partial charge is 0.459 e. The van der Waals surface area contributed by atoms with E-state index in [9.17, 15) is 4.79 Å². The smallest absolute Gasteiger partial charge is 0.255 e. The Balaban J connectivity index is 1.82. The molecule has 0 fully saturated rings. The molecular weight excluding hydrogens is 338 g/mol. The molecule has 0 unspecified atom stereocenters. The van der Waals surface area contributed by atoms with Crippen molar-refractivity contribution in [1.82, 2.24) is 0 Å². The van der Waals surface area contributed by atoms with Crippen molar-refractivity contribution in [3.63, 3.8) is 0 Å². The lowest BCUT2D eigenvalue weighted by atomic mass is 9.86. The monoisotopic (exact) mass is 363 g/mol. The van der Waals surface area contributed by atoms with Gasteiger partial charge in [-0.2, -0.15) is 0 Å². The Hall–Kier alpha value is -2.85. The fourth-order valence-corrected chi connectivity index (χ4v) is 2.84. The van der Waals surface area contributed by atoms with Crippen LogP contribution in [0.1, 0.15) is 48.0 Å². The van der Waals surface area contributed by atoms with Crippen LogP contribution in [0.25, 0.3) is 11.3 Å². The molecule has 1 aromatic heterocycles. The molecule has 2 aromatic carbocycles. The molecule has 0 aliphatic heterocycles. The van der Waals surface area contributed by atoms with E-state index in [0.717, 1.165) is 16.8 Å². The Morgan fingerprint density at radius 2 is 1.74 bits per heavy atom. The van der Waals surface area contributed by atoms with Crippen LogP contribution in [-0.4, -0.2) is 11.0 Å². The van der Waals surface area contributed by atoms with E-state index in [1.807, 2.05) is 55.5 Å². The highest BCUT2D eigenvalue weighted by Gasteiger charge is 2.15. The average molecular weight is 363 g/mol.